The highest BCUT2D eigenvalue weighted by Crippen LogP contribution is 2.27. The number of hydrogen-bond acceptors (Lipinski definition) is 5. The fourth-order valence-electron chi connectivity index (χ4n) is 2.11. The van der Waals surface area contributed by atoms with Gasteiger partial charge in [-0.2, -0.15) is 0 Å². The molecule has 0 saturated carbocycles. The molecule has 0 spiro atoms. The van der Waals surface area contributed by atoms with Gasteiger partial charge in [0.15, 0.2) is 0 Å². The highest BCUT2D eigenvalue weighted by atomic mass is 16.5. The van der Waals surface area contributed by atoms with E-state index < -0.39 is 29.7 Å². The Labute approximate surface area is 109 Å². The van der Waals surface area contributed by atoms with E-state index >= 15 is 0 Å². The molecule has 1 aromatic rings. The zero-order chi connectivity index (χ0) is 14.2. The predicted molar refractivity (Wildman–Crippen MR) is 67.7 cm³/mol. The summed E-state index contributed by atoms with van der Waals surface area (Å²) in [5.41, 5.74) is -0.701. The van der Waals surface area contributed by atoms with Crippen LogP contribution in [0.15, 0.2) is 22.4 Å². The summed E-state index contributed by atoms with van der Waals surface area (Å²) < 4.78 is 7.59. The van der Waals surface area contributed by atoms with Gasteiger partial charge in [-0.1, -0.05) is 12.7 Å². The lowest BCUT2D eigenvalue weighted by Crippen LogP contribution is -2.40. The summed E-state index contributed by atoms with van der Waals surface area (Å²) in [5.74, 6) is 0. The topological polar surface area (TPSA) is 93.7 Å². The minimum atomic E-state index is -0.841. The molecule has 7 heteroatoms. The van der Waals surface area contributed by atoms with Gasteiger partial charge >= 0.3 is 5.69 Å². The number of ether oxygens (including phenoxy) is 1. The first-order valence-electron chi connectivity index (χ1n) is 5.88. The molecule has 2 N–H and O–H groups in total. The van der Waals surface area contributed by atoms with Crippen LogP contribution in [0.4, 0.5) is 0 Å². The molecular formula is C12H16N2O5. The van der Waals surface area contributed by atoms with Crippen LogP contribution in [-0.4, -0.2) is 38.2 Å². The number of aliphatic hydroxyl groups is 2. The lowest BCUT2D eigenvalue weighted by Gasteiger charge is -2.16. The molecule has 2 rings (SSSR count). The SMILES string of the molecule is C=Cc1cn([C@H]2C[C@H](O)[C@@H](CO)O2)c(=O)n(C)c1=O. The summed E-state index contributed by atoms with van der Waals surface area (Å²) in [6.07, 6.45) is 0.625. The smallest absolute Gasteiger partial charge is 0.332 e. The van der Waals surface area contributed by atoms with Gasteiger partial charge in [0.1, 0.15) is 12.3 Å². The zero-order valence-electron chi connectivity index (χ0n) is 10.5. The largest absolute Gasteiger partial charge is 0.394 e. The minimum absolute atomic E-state index is 0.180. The molecule has 0 bridgehead atoms. The maximum Gasteiger partial charge on any atom is 0.332 e. The number of aliphatic hydroxyl groups excluding tert-OH is 2. The Kier molecular flexibility index (Phi) is 3.70. The Morgan fingerprint density at radius 3 is 2.79 bits per heavy atom. The Hall–Kier alpha value is -1.70. The molecule has 7 nitrogen and oxygen atoms in total. The molecule has 0 radical (unpaired) electrons. The molecule has 1 saturated heterocycles. The van der Waals surface area contributed by atoms with Crippen LogP contribution in [0.1, 0.15) is 18.2 Å². The van der Waals surface area contributed by atoms with E-state index in [1.54, 1.807) is 0 Å². The van der Waals surface area contributed by atoms with Gasteiger partial charge in [0, 0.05) is 19.7 Å². The number of rotatable bonds is 3. The molecule has 0 aromatic carbocycles. The third kappa shape index (κ3) is 2.27. The third-order valence-electron chi connectivity index (χ3n) is 3.25. The van der Waals surface area contributed by atoms with Crippen molar-refractivity contribution in [3.05, 3.63) is 39.2 Å². The Balaban J connectivity index is 2.47. The number of hydrogen-bond donors (Lipinski definition) is 2. The quantitative estimate of drug-likeness (QED) is 0.720. The molecule has 19 heavy (non-hydrogen) atoms. The monoisotopic (exact) mass is 268 g/mol. The lowest BCUT2D eigenvalue weighted by atomic mass is 10.2. The van der Waals surface area contributed by atoms with Gasteiger partial charge < -0.3 is 14.9 Å². The predicted octanol–water partition coefficient (Wildman–Crippen LogP) is -1.17. The summed E-state index contributed by atoms with van der Waals surface area (Å²) in [5, 5.41) is 18.7. The molecule has 104 valence electrons. The summed E-state index contributed by atoms with van der Waals surface area (Å²) in [6, 6.07) is 0. The van der Waals surface area contributed by atoms with E-state index in [1.807, 2.05) is 0 Å². The van der Waals surface area contributed by atoms with Crippen LogP contribution in [-0.2, 0) is 11.8 Å². The van der Waals surface area contributed by atoms with Crippen molar-refractivity contribution in [2.75, 3.05) is 6.61 Å². The molecule has 0 unspecified atom stereocenters. The van der Waals surface area contributed by atoms with Crippen molar-refractivity contribution in [2.45, 2.75) is 24.9 Å². The van der Waals surface area contributed by atoms with Gasteiger partial charge in [0.25, 0.3) is 5.56 Å². The Morgan fingerprint density at radius 2 is 2.26 bits per heavy atom. The van der Waals surface area contributed by atoms with Crippen molar-refractivity contribution in [1.82, 2.24) is 9.13 Å². The zero-order valence-corrected chi connectivity index (χ0v) is 10.5. The molecule has 1 aromatic heterocycles. The van der Waals surface area contributed by atoms with Crippen molar-refractivity contribution in [3.8, 4) is 0 Å². The first-order valence-corrected chi connectivity index (χ1v) is 5.88. The first-order chi connectivity index (χ1) is 8.99. The van der Waals surface area contributed by atoms with E-state index in [2.05, 4.69) is 6.58 Å². The Morgan fingerprint density at radius 1 is 1.58 bits per heavy atom. The maximum atomic E-state index is 12.0. The van der Waals surface area contributed by atoms with Crippen LogP contribution in [0, 0.1) is 0 Å². The molecular weight excluding hydrogens is 252 g/mol. The van der Waals surface area contributed by atoms with Crippen molar-refractivity contribution >= 4 is 6.08 Å². The Bertz CT molecular complexity index is 603. The van der Waals surface area contributed by atoms with Crippen LogP contribution >= 0.6 is 0 Å². The van der Waals surface area contributed by atoms with E-state index in [0.29, 0.717) is 0 Å². The molecule has 0 amide bonds. The molecule has 0 aliphatic carbocycles. The van der Waals surface area contributed by atoms with Gasteiger partial charge in [-0.3, -0.25) is 13.9 Å². The van der Waals surface area contributed by atoms with Gasteiger partial charge in [-0.05, 0) is 0 Å². The van der Waals surface area contributed by atoms with E-state index in [9.17, 15) is 14.7 Å². The highest BCUT2D eigenvalue weighted by Gasteiger charge is 2.35. The average molecular weight is 268 g/mol. The summed E-state index contributed by atoms with van der Waals surface area (Å²) in [7, 11) is 1.36. The van der Waals surface area contributed by atoms with Crippen molar-refractivity contribution in [2.24, 2.45) is 7.05 Å². The second-order valence-corrected chi connectivity index (χ2v) is 4.46. The van der Waals surface area contributed by atoms with Crippen LogP contribution in [0.5, 0.6) is 0 Å². The standard InChI is InChI=1S/C12H16N2O5/c1-3-7-5-14(12(18)13(2)11(7)17)10-4-8(16)9(6-15)19-10/h3,5,8-10,15-16H,1,4,6H2,2H3/t8-,9+,10+/m0/s1. The maximum absolute atomic E-state index is 12.0. The molecule has 3 atom stereocenters. The minimum Gasteiger partial charge on any atom is -0.394 e. The van der Waals surface area contributed by atoms with E-state index in [4.69, 9.17) is 9.84 Å². The normalized spacial score (nSPS) is 26.6. The second kappa shape index (κ2) is 5.12. The average Bonchev–Trinajstić information content (AvgIpc) is 2.77. The van der Waals surface area contributed by atoms with Crippen LogP contribution in [0.2, 0.25) is 0 Å². The lowest BCUT2D eigenvalue weighted by molar-refractivity contribution is -0.0462. The number of nitrogens with zero attached hydrogens (tertiary/aromatic N) is 2. The van der Waals surface area contributed by atoms with Crippen molar-refractivity contribution in [3.63, 3.8) is 0 Å². The third-order valence-corrected chi connectivity index (χ3v) is 3.25. The van der Waals surface area contributed by atoms with Crippen molar-refractivity contribution in [1.29, 1.82) is 0 Å². The summed E-state index contributed by atoms with van der Waals surface area (Å²) >= 11 is 0. The fourth-order valence-corrected chi connectivity index (χ4v) is 2.11. The summed E-state index contributed by atoms with van der Waals surface area (Å²) in [4.78, 5) is 23.7. The van der Waals surface area contributed by atoms with E-state index in [1.165, 1.54) is 23.9 Å². The number of aromatic nitrogens is 2. The van der Waals surface area contributed by atoms with Crippen LogP contribution in [0.25, 0.3) is 6.08 Å². The first kappa shape index (κ1) is 13.7. The van der Waals surface area contributed by atoms with Gasteiger partial charge in [-0.25, -0.2) is 4.79 Å². The highest BCUT2D eigenvalue weighted by molar-refractivity contribution is 5.43. The van der Waals surface area contributed by atoms with E-state index in [0.717, 1.165) is 4.57 Å². The fraction of sp³-hybridized carbons (Fsp3) is 0.500. The van der Waals surface area contributed by atoms with Gasteiger partial charge in [0.05, 0.1) is 18.3 Å². The van der Waals surface area contributed by atoms with Crippen molar-refractivity contribution < 1.29 is 14.9 Å². The summed E-state index contributed by atoms with van der Waals surface area (Å²) in [6.45, 7) is 3.19. The van der Waals surface area contributed by atoms with E-state index in [-0.39, 0.29) is 18.6 Å². The van der Waals surface area contributed by atoms with Gasteiger partial charge in [0.2, 0.25) is 0 Å². The van der Waals surface area contributed by atoms with Crippen LogP contribution < -0.4 is 11.2 Å². The van der Waals surface area contributed by atoms with Crippen LogP contribution in [0.3, 0.4) is 0 Å². The molecule has 2 heterocycles. The molecule has 1 aliphatic heterocycles. The van der Waals surface area contributed by atoms with Gasteiger partial charge in [-0.15, -0.1) is 0 Å². The second-order valence-electron chi connectivity index (χ2n) is 4.46. The molecule has 1 fully saturated rings. The molecule has 1 aliphatic rings.